The zero-order valence-corrected chi connectivity index (χ0v) is 17.5. The van der Waals surface area contributed by atoms with Crippen LogP contribution in [0.2, 0.25) is 0 Å². The first-order valence-corrected chi connectivity index (χ1v) is 10.3. The van der Waals surface area contributed by atoms with E-state index in [2.05, 4.69) is 10.3 Å². The Morgan fingerprint density at radius 1 is 1.23 bits per heavy atom. The first-order valence-electron chi connectivity index (χ1n) is 8.68. The lowest BCUT2D eigenvalue weighted by molar-refractivity contribution is -0.380. The molecule has 1 N–H and O–H groups in total. The highest BCUT2D eigenvalue weighted by Crippen LogP contribution is 2.25. The number of amides is 2. The highest BCUT2D eigenvalue weighted by molar-refractivity contribution is 7.17. The van der Waals surface area contributed by atoms with Crippen molar-refractivity contribution in [3.05, 3.63) is 50.1 Å². The Labute approximate surface area is 177 Å². The molecule has 0 aliphatic rings. The summed E-state index contributed by atoms with van der Waals surface area (Å²) in [6, 6.07) is 7.67. The Kier molecular flexibility index (Phi) is 6.37. The van der Waals surface area contributed by atoms with Gasteiger partial charge in [0, 0.05) is 18.7 Å². The Morgan fingerprint density at radius 3 is 2.63 bits per heavy atom. The van der Waals surface area contributed by atoms with E-state index in [1.54, 1.807) is 25.1 Å². The molecule has 0 saturated carbocycles. The van der Waals surface area contributed by atoms with Crippen LogP contribution in [-0.4, -0.2) is 33.9 Å². The van der Waals surface area contributed by atoms with Gasteiger partial charge in [0.25, 0.3) is 5.91 Å². The maximum atomic E-state index is 12.5. The number of hydrogen-bond donors (Lipinski definition) is 1. The number of hydrogen-bond acceptors (Lipinski definition) is 8. The number of benzene rings is 1. The number of anilines is 1. The molecule has 3 aromatic rings. The fraction of sp³-hybridized carbons (Fsp3) is 0.222. The molecule has 12 heteroatoms. The number of thiazole rings is 1. The number of esters is 1. The zero-order chi connectivity index (χ0) is 21.8. The van der Waals surface area contributed by atoms with E-state index >= 15 is 0 Å². The fourth-order valence-corrected chi connectivity index (χ4v) is 4.38. The van der Waals surface area contributed by atoms with E-state index in [4.69, 9.17) is 4.74 Å². The summed E-state index contributed by atoms with van der Waals surface area (Å²) in [6.07, 6.45) is 0. The van der Waals surface area contributed by atoms with E-state index in [9.17, 15) is 24.5 Å². The van der Waals surface area contributed by atoms with Crippen molar-refractivity contribution >= 4 is 61.4 Å². The van der Waals surface area contributed by atoms with Gasteiger partial charge in [0.1, 0.15) is 11.4 Å². The molecule has 0 saturated heterocycles. The van der Waals surface area contributed by atoms with Crippen molar-refractivity contribution in [2.24, 2.45) is 4.99 Å². The topological polar surface area (TPSA) is 133 Å². The standard InChI is InChI=1S/C18H16N4O6S2/c1-3-28-16(24)9-21-12-5-4-11(19-10(2)23)8-14(12)30-18(21)20-17(25)13-6-7-15(29-13)22(26)27/h4-8H,3,9H2,1-2H3,(H,19,23). The van der Waals surface area contributed by atoms with Crippen LogP contribution in [0.3, 0.4) is 0 Å². The van der Waals surface area contributed by atoms with Gasteiger partial charge in [-0.1, -0.05) is 22.7 Å². The number of aromatic nitrogens is 1. The number of ether oxygens (including phenoxy) is 1. The molecule has 3 rings (SSSR count). The van der Waals surface area contributed by atoms with Gasteiger partial charge < -0.3 is 14.6 Å². The zero-order valence-electron chi connectivity index (χ0n) is 15.9. The minimum absolute atomic E-state index is 0.112. The van der Waals surface area contributed by atoms with Gasteiger partial charge in [0.15, 0.2) is 4.80 Å². The molecule has 0 aliphatic heterocycles. The fourth-order valence-electron chi connectivity index (χ4n) is 2.61. The first-order chi connectivity index (χ1) is 14.3. The lowest BCUT2D eigenvalue weighted by atomic mass is 10.3. The third-order valence-electron chi connectivity index (χ3n) is 3.78. The summed E-state index contributed by atoms with van der Waals surface area (Å²) in [5, 5.41) is 13.4. The Bertz CT molecular complexity index is 1220. The minimum atomic E-state index is -0.653. The summed E-state index contributed by atoms with van der Waals surface area (Å²) < 4.78 is 7.23. The molecule has 0 radical (unpaired) electrons. The summed E-state index contributed by atoms with van der Waals surface area (Å²) >= 11 is 1.87. The van der Waals surface area contributed by atoms with Crippen LogP contribution < -0.4 is 10.1 Å². The first kappa shape index (κ1) is 21.3. The lowest BCUT2D eigenvalue weighted by Crippen LogP contribution is -2.23. The molecule has 0 aliphatic carbocycles. The molecule has 0 atom stereocenters. The summed E-state index contributed by atoms with van der Waals surface area (Å²) in [4.78, 5) is 50.6. The minimum Gasteiger partial charge on any atom is -0.465 e. The second-order valence-electron chi connectivity index (χ2n) is 5.95. The van der Waals surface area contributed by atoms with Crippen LogP contribution in [0.15, 0.2) is 35.3 Å². The maximum Gasteiger partial charge on any atom is 0.326 e. The molecule has 10 nitrogen and oxygen atoms in total. The third kappa shape index (κ3) is 4.78. The number of thiophene rings is 1. The van der Waals surface area contributed by atoms with Crippen LogP contribution in [0.1, 0.15) is 23.5 Å². The highest BCUT2D eigenvalue weighted by atomic mass is 32.1. The predicted octanol–water partition coefficient (Wildman–Crippen LogP) is 2.94. The molecular formula is C18H16N4O6S2. The van der Waals surface area contributed by atoms with E-state index in [-0.39, 0.29) is 33.7 Å². The van der Waals surface area contributed by atoms with Crippen LogP contribution in [0, 0.1) is 10.1 Å². The van der Waals surface area contributed by atoms with Crippen molar-refractivity contribution in [2.75, 3.05) is 11.9 Å². The van der Waals surface area contributed by atoms with E-state index in [1.807, 2.05) is 0 Å². The predicted molar refractivity (Wildman–Crippen MR) is 112 cm³/mol. The van der Waals surface area contributed by atoms with Crippen LogP contribution in [-0.2, 0) is 20.9 Å². The van der Waals surface area contributed by atoms with Crippen LogP contribution in [0.4, 0.5) is 10.7 Å². The van der Waals surface area contributed by atoms with Crippen molar-refractivity contribution in [1.82, 2.24) is 4.57 Å². The van der Waals surface area contributed by atoms with Crippen molar-refractivity contribution in [3.8, 4) is 0 Å². The number of nitro groups is 1. The van der Waals surface area contributed by atoms with Gasteiger partial charge in [0.2, 0.25) is 5.91 Å². The highest BCUT2D eigenvalue weighted by Gasteiger charge is 2.17. The lowest BCUT2D eigenvalue weighted by Gasteiger charge is -2.06. The monoisotopic (exact) mass is 448 g/mol. The largest absolute Gasteiger partial charge is 0.465 e. The van der Waals surface area contributed by atoms with Gasteiger partial charge in [-0.3, -0.25) is 24.5 Å². The molecule has 2 amide bonds. The van der Waals surface area contributed by atoms with E-state index < -0.39 is 16.8 Å². The van der Waals surface area contributed by atoms with E-state index in [0.717, 1.165) is 22.7 Å². The average molecular weight is 448 g/mol. The molecule has 0 unspecified atom stereocenters. The van der Waals surface area contributed by atoms with E-state index in [1.165, 1.54) is 23.6 Å². The molecule has 156 valence electrons. The molecule has 0 fully saturated rings. The number of carbonyl (C=O) groups excluding carboxylic acids is 3. The van der Waals surface area contributed by atoms with E-state index in [0.29, 0.717) is 15.9 Å². The van der Waals surface area contributed by atoms with Crippen molar-refractivity contribution < 1.29 is 24.0 Å². The van der Waals surface area contributed by atoms with Crippen molar-refractivity contribution in [1.29, 1.82) is 0 Å². The number of nitrogens with zero attached hydrogens (tertiary/aromatic N) is 3. The van der Waals surface area contributed by atoms with Crippen molar-refractivity contribution in [3.63, 3.8) is 0 Å². The van der Waals surface area contributed by atoms with Gasteiger partial charge in [0.05, 0.1) is 21.7 Å². The van der Waals surface area contributed by atoms with Crippen LogP contribution >= 0.6 is 22.7 Å². The van der Waals surface area contributed by atoms with Gasteiger partial charge >= 0.3 is 11.0 Å². The number of rotatable bonds is 6. The SMILES string of the molecule is CCOC(=O)Cn1c(=NC(=O)c2ccc([N+](=O)[O-])s2)sc2cc(NC(C)=O)ccc21. The smallest absolute Gasteiger partial charge is 0.326 e. The van der Waals surface area contributed by atoms with Gasteiger partial charge in [-0.05, 0) is 31.2 Å². The average Bonchev–Trinajstić information content (AvgIpc) is 3.27. The Morgan fingerprint density at radius 2 is 2.00 bits per heavy atom. The van der Waals surface area contributed by atoms with Crippen LogP contribution in [0.25, 0.3) is 10.2 Å². The maximum absolute atomic E-state index is 12.5. The van der Waals surface area contributed by atoms with Gasteiger partial charge in [-0.2, -0.15) is 4.99 Å². The second kappa shape index (κ2) is 8.97. The Balaban J connectivity index is 2.08. The molecule has 0 spiro atoms. The summed E-state index contributed by atoms with van der Waals surface area (Å²) in [5.74, 6) is -1.38. The van der Waals surface area contributed by atoms with Gasteiger partial charge in [-0.25, -0.2) is 0 Å². The summed E-state index contributed by atoms with van der Waals surface area (Å²) in [7, 11) is 0. The number of carbonyl (C=O) groups is 3. The van der Waals surface area contributed by atoms with Gasteiger partial charge in [-0.15, -0.1) is 0 Å². The van der Waals surface area contributed by atoms with Crippen LogP contribution in [0.5, 0.6) is 0 Å². The molecule has 1 aromatic carbocycles. The molecular weight excluding hydrogens is 432 g/mol. The summed E-state index contributed by atoms with van der Waals surface area (Å²) in [5.41, 5.74) is 1.19. The Hall–Kier alpha value is -3.38. The normalized spacial score (nSPS) is 11.5. The van der Waals surface area contributed by atoms with Crippen molar-refractivity contribution in [2.45, 2.75) is 20.4 Å². The molecule has 0 bridgehead atoms. The number of fused-ring (bicyclic) bond motifs is 1. The molecule has 2 heterocycles. The third-order valence-corrected chi connectivity index (χ3v) is 5.84. The second-order valence-corrected chi connectivity index (χ2v) is 8.02. The number of nitrogens with one attached hydrogen (secondary N) is 1. The molecule has 30 heavy (non-hydrogen) atoms. The quantitative estimate of drug-likeness (QED) is 0.350. The summed E-state index contributed by atoms with van der Waals surface area (Å²) in [6.45, 7) is 3.12. The molecule has 2 aromatic heterocycles.